The first-order valence-corrected chi connectivity index (χ1v) is 6.51. The lowest BCUT2D eigenvalue weighted by atomic mass is 10.3. The van der Waals surface area contributed by atoms with Crippen molar-refractivity contribution in [1.82, 2.24) is 15.0 Å². The van der Waals surface area contributed by atoms with Crippen LogP contribution in [0.2, 0.25) is 0 Å². The number of hydrazine groups is 1. The fraction of sp³-hybridized carbons (Fsp3) is 0.250. The third-order valence-corrected chi connectivity index (χ3v) is 3.71. The van der Waals surface area contributed by atoms with E-state index in [1.165, 1.54) is 12.1 Å². The molecule has 2 rings (SSSR count). The summed E-state index contributed by atoms with van der Waals surface area (Å²) in [4.78, 5) is 5.27. The average molecular weight is 266 g/mol. The Bertz CT molecular complexity index is 497. The quantitative estimate of drug-likeness (QED) is 0.493. The lowest BCUT2D eigenvalue weighted by molar-refractivity contribution is 0.557. The molecule has 0 aliphatic carbocycles. The van der Waals surface area contributed by atoms with Crippen LogP contribution in [0.3, 0.4) is 0 Å². The Morgan fingerprint density at radius 1 is 1.44 bits per heavy atom. The molecule has 0 amide bonds. The molecule has 0 aliphatic heterocycles. The Kier molecular flexibility index (Phi) is 4.35. The Hall–Kier alpha value is -1.37. The fourth-order valence-corrected chi connectivity index (χ4v) is 2.55. The van der Waals surface area contributed by atoms with E-state index in [9.17, 15) is 4.39 Å². The van der Waals surface area contributed by atoms with Crippen molar-refractivity contribution in [2.45, 2.75) is 10.9 Å². The maximum atomic E-state index is 12.8. The number of nitrogens with one attached hydrogen (secondary N) is 1. The summed E-state index contributed by atoms with van der Waals surface area (Å²) in [5, 5.41) is 0. The van der Waals surface area contributed by atoms with E-state index < -0.39 is 0 Å². The zero-order valence-electron chi connectivity index (χ0n) is 10.0. The number of rotatable bonds is 5. The molecule has 1 aromatic carbocycles. The molecule has 0 aliphatic rings. The molecule has 18 heavy (non-hydrogen) atoms. The van der Waals surface area contributed by atoms with Gasteiger partial charge in [-0.25, -0.2) is 14.8 Å². The molecule has 0 spiro atoms. The molecule has 0 saturated heterocycles. The van der Waals surface area contributed by atoms with Crippen molar-refractivity contribution in [1.29, 1.82) is 0 Å². The van der Waals surface area contributed by atoms with Gasteiger partial charge in [0.15, 0.2) is 0 Å². The number of benzene rings is 1. The highest BCUT2D eigenvalue weighted by molar-refractivity contribution is 7.99. The molecule has 3 N–H and O–H groups in total. The van der Waals surface area contributed by atoms with Crippen LogP contribution in [-0.4, -0.2) is 15.3 Å². The highest BCUT2D eigenvalue weighted by Gasteiger charge is 2.14. The molecule has 4 nitrogen and oxygen atoms in total. The summed E-state index contributed by atoms with van der Waals surface area (Å²) < 4.78 is 14.7. The summed E-state index contributed by atoms with van der Waals surface area (Å²) in [6, 6.07) is 6.38. The number of halogens is 1. The van der Waals surface area contributed by atoms with Crippen LogP contribution in [0.5, 0.6) is 0 Å². The van der Waals surface area contributed by atoms with Crippen LogP contribution >= 0.6 is 11.8 Å². The number of hydrogen-bond acceptors (Lipinski definition) is 4. The zero-order valence-corrected chi connectivity index (χ0v) is 10.8. The molecule has 96 valence electrons. The van der Waals surface area contributed by atoms with Gasteiger partial charge < -0.3 is 4.57 Å². The van der Waals surface area contributed by atoms with E-state index in [2.05, 4.69) is 10.4 Å². The molecule has 0 radical (unpaired) electrons. The summed E-state index contributed by atoms with van der Waals surface area (Å²) in [7, 11) is 1.93. The van der Waals surface area contributed by atoms with Gasteiger partial charge in [-0.2, -0.15) is 0 Å². The van der Waals surface area contributed by atoms with E-state index in [0.717, 1.165) is 16.5 Å². The van der Waals surface area contributed by atoms with Crippen LogP contribution < -0.4 is 11.3 Å². The number of thioether (sulfide) groups is 1. The molecule has 1 atom stereocenters. The summed E-state index contributed by atoms with van der Waals surface area (Å²) in [6.07, 6.45) is 3.62. The van der Waals surface area contributed by atoms with E-state index in [0.29, 0.717) is 0 Å². The fourth-order valence-electron chi connectivity index (χ4n) is 1.62. The van der Waals surface area contributed by atoms with Gasteiger partial charge >= 0.3 is 0 Å². The summed E-state index contributed by atoms with van der Waals surface area (Å²) >= 11 is 1.61. The standard InChI is InChI=1S/C12H15FN4S/c1-17-7-6-15-12(17)11(16-14)8-18-10-4-2-9(13)3-5-10/h2-7,11,16H,8,14H2,1H3. The van der Waals surface area contributed by atoms with E-state index in [4.69, 9.17) is 5.84 Å². The number of aryl methyl sites for hydroxylation is 1. The minimum absolute atomic E-state index is 0.0416. The zero-order chi connectivity index (χ0) is 13.0. The van der Waals surface area contributed by atoms with Gasteiger partial charge in [0, 0.05) is 30.1 Å². The van der Waals surface area contributed by atoms with Crippen molar-refractivity contribution in [3.05, 3.63) is 48.3 Å². The molecular formula is C12H15FN4S. The first-order valence-electron chi connectivity index (χ1n) is 5.52. The third kappa shape index (κ3) is 3.10. The van der Waals surface area contributed by atoms with Crippen molar-refractivity contribution in [2.24, 2.45) is 12.9 Å². The molecule has 1 heterocycles. The SMILES string of the molecule is Cn1ccnc1C(CSc1ccc(F)cc1)NN. The number of nitrogens with zero attached hydrogens (tertiary/aromatic N) is 2. The van der Waals surface area contributed by atoms with Crippen molar-refractivity contribution < 1.29 is 4.39 Å². The highest BCUT2D eigenvalue weighted by atomic mass is 32.2. The van der Waals surface area contributed by atoms with E-state index in [-0.39, 0.29) is 11.9 Å². The van der Waals surface area contributed by atoms with Gasteiger partial charge in [-0.15, -0.1) is 11.8 Å². The molecule has 0 bridgehead atoms. The first kappa shape index (κ1) is 13.1. The van der Waals surface area contributed by atoms with Crippen molar-refractivity contribution in [3.63, 3.8) is 0 Å². The Morgan fingerprint density at radius 2 is 2.17 bits per heavy atom. The van der Waals surface area contributed by atoms with Crippen LogP contribution in [-0.2, 0) is 7.05 Å². The Balaban J connectivity index is 2.00. The number of aromatic nitrogens is 2. The van der Waals surface area contributed by atoms with Crippen LogP contribution in [0.25, 0.3) is 0 Å². The van der Waals surface area contributed by atoms with Crippen LogP contribution in [0.1, 0.15) is 11.9 Å². The minimum Gasteiger partial charge on any atom is -0.337 e. The second-order valence-corrected chi connectivity index (χ2v) is 4.97. The van der Waals surface area contributed by atoms with Crippen molar-refractivity contribution in [2.75, 3.05) is 5.75 Å². The largest absolute Gasteiger partial charge is 0.337 e. The molecular weight excluding hydrogens is 251 g/mol. The van der Waals surface area contributed by atoms with Crippen LogP contribution in [0, 0.1) is 5.82 Å². The van der Waals surface area contributed by atoms with Gasteiger partial charge in [-0.1, -0.05) is 0 Å². The normalized spacial score (nSPS) is 12.6. The number of nitrogens with two attached hydrogens (primary N) is 1. The minimum atomic E-state index is -0.225. The Morgan fingerprint density at radius 3 is 2.72 bits per heavy atom. The second-order valence-electron chi connectivity index (χ2n) is 3.88. The average Bonchev–Trinajstić information content (AvgIpc) is 2.79. The van der Waals surface area contributed by atoms with Gasteiger partial charge in [0.05, 0.1) is 6.04 Å². The maximum Gasteiger partial charge on any atom is 0.127 e. The first-order chi connectivity index (χ1) is 8.70. The predicted octanol–water partition coefficient (Wildman–Crippen LogP) is 1.86. The summed E-state index contributed by atoms with van der Waals surface area (Å²) in [5.41, 5.74) is 2.75. The summed E-state index contributed by atoms with van der Waals surface area (Å²) in [5.74, 6) is 6.93. The van der Waals surface area contributed by atoms with Crippen molar-refractivity contribution in [3.8, 4) is 0 Å². The van der Waals surface area contributed by atoms with E-state index >= 15 is 0 Å². The second kappa shape index (κ2) is 5.99. The molecule has 1 aromatic heterocycles. The van der Waals surface area contributed by atoms with E-state index in [1.807, 2.05) is 17.8 Å². The lowest BCUT2D eigenvalue weighted by Crippen LogP contribution is -2.31. The topological polar surface area (TPSA) is 55.9 Å². The maximum absolute atomic E-state index is 12.8. The third-order valence-electron chi connectivity index (χ3n) is 2.60. The molecule has 1 unspecified atom stereocenters. The van der Waals surface area contributed by atoms with Crippen LogP contribution in [0.15, 0.2) is 41.6 Å². The van der Waals surface area contributed by atoms with Gasteiger partial charge in [-0.3, -0.25) is 5.84 Å². The van der Waals surface area contributed by atoms with Gasteiger partial charge in [-0.05, 0) is 24.3 Å². The van der Waals surface area contributed by atoms with Gasteiger partial charge in [0.1, 0.15) is 11.6 Å². The Labute approximate surface area is 109 Å². The summed E-state index contributed by atoms with van der Waals surface area (Å²) in [6.45, 7) is 0. The number of hydrogen-bond donors (Lipinski definition) is 2. The highest BCUT2D eigenvalue weighted by Crippen LogP contribution is 2.23. The number of imidazole rings is 1. The van der Waals surface area contributed by atoms with Crippen molar-refractivity contribution >= 4 is 11.8 Å². The smallest absolute Gasteiger partial charge is 0.127 e. The lowest BCUT2D eigenvalue weighted by Gasteiger charge is -2.15. The molecule has 2 aromatic rings. The van der Waals surface area contributed by atoms with Gasteiger partial charge in [0.25, 0.3) is 0 Å². The predicted molar refractivity (Wildman–Crippen MR) is 70.4 cm³/mol. The molecule has 0 saturated carbocycles. The van der Waals surface area contributed by atoms with Gasteiger partial charge in [0.2, 0.25) is 0 Å². The molecule has 6 heteroatoms. The van der Waals surface area contributed by atoms with E-state index in [1.54, 1.807) is 30.1 Å². The van der Waals surface area contributed by atoms with Crippen LogP contribution in [0.4, 0.5) is 4.39 Å². The molecule has 0 fully saturated rings. The monoisotopic (exact) mass is 266 g/mol.